The molecule has 0 aliphatic heterocycles. The second-order valence-corrected chi connectivity index (χ2v) is 3.54. The summed E-state index contributed by atoms with van der Waals surface area (Å²) in [7, 11) is 0. The summed E-state index contributed by atoms with van der Waals surface area (Å²) in [6.07, 6.45) is 8.57. The normalized spacial score (nSPS) is 9.00. The largest absolute Gasteiger partial charge is 0.0864 e. The molecule has 0 unspecified atom stereocenters. The van der Waals surface area contributed by atoms with Crippen LogP contribution in [0.25, 0.3) is 0 Å². The van der Waals surface area contributed by atoms with Gasteiger partial charge in [-0.05, 0) is 10.8 Å². The maximum absolute atomic E-state index is 2.45. The molecule has 0 rings (SSSR count). The minimum absolute atomic E-state index is 0. The molecule has 0 saturated heterocycles. The molecule has 0 radical (unpaired) electrons. The first-order valence-electron chi connectivity index (χ1n) is 3.97. The van der Waals surface area contributed by atoms with Gasteiger partial charge >= 0.3 is 0 Å². The van der Waals surface area contributed by atoms with E-state index in [9.17, 15) is 0 Å². The molecule has 0 N–H and O–H groups in total. The number of unbranched alkanes of at least 4 members (excludes halogenated alkanes) is 5. The fourth-order valence-corrected chi connectivity index (χ4v) is 1.41. The van der Waals surface area contributed by atoms with E-state index in [2.05, 4.69) is 29.5 Å². The molecule has 0 aliphatic carbocycles. The summed E-state index contributed by atoms with van der Waals surface area (Å²) < 4.78 is 1.34. The van der Waals surface area contributed by atoms with Crippen LogP contribution in [0, 0.1) is 0 Å². The molecule has 0 heterocycles. The van der Waals surface area contributed by atoms with E-state index < -0.39 is 0 Å². The minimum atomic E-state index is 0. The Morgan fingerprint density at radius 1 is 0.900 bits per heavy atom. The van der Waals surface area contributed by atoms with Gasteiger partial charge in [0.1, 0.15) is 0 Å². The molecule has 0 aromatic heterocycles. The zero-order chi connectivity index (χ0) is 6.95. The maximum atomic E-state index is 2.45. The predicted molar refractivity (Wildman–Crippen MR) is 52.3 cm³/mol. The van der Waals surface area contributed by atoms with Crippen molar-refractivity contribution in [3.8, 4) is 0 Å². The Morgan fingerprint density at radius 2 is 1.40 bits per heavy atom. The van der Waals surface area contributed by atoms with Crippen molar-refractivity contribution in [2.75, 3.05) is 4.43 Å². The van der Waals surface area contributed by atoms with Gasteiger partial charge in [-0.3, -0.25) is 0 Å². The van der Waals surface area contributed by atoms with Gasteiger partial charge in [-0.25, -0.2) is 0 Å². The van der Waals surface area contributed by atoms with Crippen LogP contribution in [0.1, 0.15) is 45.4 Å². The predicted octanol–water partition coefficient (Wildman–Crippen LogP) is 3.78. The molecule has 0 amide bonds. The third-order valence-corrected chi connectivity index (χ3v) is 2.25. The third-order valence-electron chi connectivity index (χ3n) is 1.49. The molecular weight excluding hydrogens is 288 g/mol. The Balaban J connectivity index is 0. The average Bonchev–Trinajstić information content (AvgIpc) is 1.89. The van der Waals surface area contributed by atoms with Crippen LogP contribution >= 0.6 is 22.6 Å². The SMILES string of the molecule is CCCCCCCCI.[Zn]. The molecule has 0 aromatic rings. The summed E-state index contributed by atoms with van der Waals surface area (Å²) >= 11 is 2.45. The van der Waals surface area contributed by atoms with Crippen molar-refractivity contribution in [2.24, 2.45) is 0 Å². The van der Waals surface area contributed by atoms with Crippen molar-refractivity contribution in [2.45, 2.75) is 45.4 Å². The van der Waals surface area contributed by atoms with Crippen molar-refractivity contribution in [3.05, 3.63) is 0 Å². The van der Waals surface area contributed by atoms with E-state index in [1.54, 1.807) is 0 Å². The van der Waals surface area contributed by atoms with E-state index >= 15 is 0 Å². The van der Waals surface area contributed by atoms with Crippen LogP contribution in [0.4, 0.5) is 0 Å². The first-order valence-corrected chi connectivity index (χ1v) is 5.50. The number of alkyl halides is 1. The van der Waals surface area contributed by atoms with E-state index in [4.69, 9.17) is 0 Å². The Morgan fingerprint density at radius 3 is 1.90 bits per heavy atom. The van der Waals surface area contributed by atoms with Crippen molar-refractivity contribution in [1.29, 1.82) is 0 Å². The molecule has 0 nitrogen and oxygen atoms in total. The van der Waals surface area contributed by atoms with Gasteiger partial charge in [0.2, 0.25) is 0 Å². The van der Waals surface area contributed by atoms with Gasteiger partial charge in [0, 0.05) is 19.5 Å². The summed E-state index contributed by atoms with van der Waals surface area (Å²) in [4.78, 5) is 0. The zero-order valence-corrected chi connectivity index (χ0v) is 12.2. The molecule has 58 valence electrons. The van der Waals surface area contributed by atoms with Crippen LogP contribution in [-0.2, 0) is 19.5 Å². The molecular formula is C8H17IZn. The Bertz CT molecular complexity index is 42.5. The third kappa shape index (κ3) is 12.1. The summed E-state index contributed by atoms with van der Waals surface area (Å²) in [5.41, 5.74) is 0. The van der Waals surface area contributed by atoms with Gasteiger partial charge < -0.3 is 0 Å². The van der Waals surface area contributed by atoms with E-state index in [0.29, 0.717) is 0 Å². The first-order chi connectivity index (χ1) is 4.41. The van der Waals surface area contributed by atoms with Crippen LogP contribution in [0.2, 0.25) is 0 Å². The molecule has 0 atom stereocenters. The van der Waals surface area contributed by atoms with Crippen molar-refractivity contribution in [3.63, 3.8) is 0 Å². The number of hydrogen-bond acceptors (Lipinski definition) is 0. The number of hydrogen-bond donors (Lipinski definition) is 0. The van der Waals surface area contributed by atoms with Crippen LogP contribution < -0.4 is 0 Å². The van der Waals surface area contributed by atoms with Gasteiger partial charge in [-0.1, -0.05) is 61.6 Å². The number of rotatable bonds is 6. The summed E-state index contributed by atoms with van der Waals surface area (Å²) in [6.45, 7) is 2.26. The molecule has 0 fully saturated rings. The van der Waals surface area contributed by atoms with E-state index in [1.807, 2.05) is 0 Å². The molecule has 10 heavy (non-hydrogen) atoms. The molecule has 0 bridgehead atoms. The van der Waals surface area contributed by atoms with Gasteiger partial charge in [-0.15, -0.1) is 0 Å². The second kappa shape index (κ2) is 13.0. The Hall–Kier alpha value is 1.35. The summed E-state index contributed by atoms with van der Waals surface area (Å²) in [5.74, 6) is 0. The molecule has 0 spiro atoms. The Kier molecular flexibility index (Phi) is 18.1. The van der Waals surface area contributed by atoms with Gasteiger partial charge in [0.25, 0.3) is 0 Å². The van der Waals surface area contributed by atoms with Crippen LogP contribution in [0.5, 0.6) is 0 Å². The van der Waals surface area contributed by atoms with Crippen LogP contribution in [-0.4, -0.2) is 4.43 Å². The first kappa shape index (κ1) is 13.9. The van der Waals surface area contributed by atoms with Crippen LogP contribution in [0.15, 0.2) is 0 Å². The zero-order valence-electron chi connectivity index (χ0n) is 7.03. The molecule has 2 heteroatoms. The van der Waals surface area contributed by atoms with Gasteiger partial charge in [-0.2, -0.15) is 0 Å². The quantitative estimate of drug-likeness (QED) is 0.303. The van der Waals surface area contributed by atoms with E-state index in [-0.39, 0.29) is 19.5 Å². The molecule has 0 aliphatic rings. The van der Waals surface area contributed by atoms with Crippen molar-refractivity contribution in [1.82, 2.24) is 0 Å². The standard InChI is InChI=1S/C8H17I.Zn/c1-2-3-4-5-6-7-8-9;/h2-8H2,1H3;. The van der Waals surface area contributed by atoms with E-state index in [0.717, 1.165) is 0 Å². The van der Waals surface area contributed by atoms with Gasteiger partial charge in [0.15, 0.2) is 0 Å². The van der Waals surface area contributed by atoms with E-state index in [1.165, 1.54) is 43.0 Å². The smallest absolute Gasteiger partial charge is 0 e. The van der Waals surface area contributed by atoms with Crippen molar-refractivity contribution >= 4 is 22.6 Å². The minimum Gasteiger partial charge on any atom is -0.0864 e. The summed E-state index contributed by atoms with van der Waals surface area (Å²) in [6, 6.07) is 0. The van der Waals surface area contributed by atoms with Crippen molar-refractivity contribution < 1.29 is 19.5 Å². The topological polar surface area (TPSA) is 0 Å². The Labute approximate surface area is 91.4 Å². The molecule has 0 aromatic carbocycles. The van der Waals surface area contributed by atoms with Crippen LogP contribution in [0.3, 0.4) is 0 Å². The summed E-state index contributed by atoms with van der Waals surface area (Å²) in [5, 5.41) is 0. The van der Waals surface area contributed by atoms with Gasteiger partial charge in [0.05, 0.1) is 0 Å². The monoisotopic (exact) mass is 304 g/mol. The fourth-order valence-electron chi connectivity index (χ4n) is 0.875. The number of halogens is 1. The molecule has 0 saturated carbocycles. The maximum Gasteiger partial charge on any atom is 0 e. The second-order valence-electron chi connectivity index (χ2n) is 2.46. The average molecular weight is 306 g/mol. The fraction of sp³-hybridized carbons (Fsp3) is 1.00.